The summed E-state index contributed by atoms with van der Waals surface area (Å²) in [5.41, 5.74) is 11.2. The lowest BCUT2D eigenvalue weighted by atomic mass is 10.0. The lowest BCUT2D eigenvalue weighted by molar-refractivity contribution is 0.0969. The van der Waals surface area contributed by atoms with Crippen LogP contribution in [0.5, 0.6) is 0 Å². The third-order valence-corrected chi connectivity index (χ3v) is 1.69. The average Bonchev–Trinajstić information content (AvgIpc) is 2.03. The Morgan fingerprint density at radius 1 is 1.54 bits per heavy atom. The van der Waals surface area contributed by atoms with Gasteiger partial charge in [0.05, 0.1) is 6.04 Å². The summed E-state index contributed by atoms with van der Waals surface area (Å²) < 4.78 is 12.6. The van der Waals surface area contributed by atoms with Crippen molar-refractivity contribution in [1.82, 2.24) is 0 Å². The van der Waals surface area contributed by atoms with E-state index in [4.69, 9.17) is 11.5 Å². The van der Waals surface area contributed by atoms with E-state index in [0.29, 0.717) is 0 Å². The van der Waals surface area contributed by atoms with Gasteiger partial charge in [0.2, 0.25) is 0 Å². The predicted molar refractivity (Wildman–Crippen MR) is 48.8 cm³/mol. The molecule has 0 spiro atoms. The molecular formula is C9H11FN2O. The molecule has 0 aliphatic heterocycles. The molecule has 4 heteroatoms. The molecule has 1 rings (SSSR count). The number of nitrogen functional groups attached to an aromatic ring is 1. The molecule has 0 radical (unpaired) electrons. The first-order chi connectivity index (χ1) is 6.02. The minimum Gasteiger partial charge on any atom is -0.398 e. The molecule has 0 aliphatic carbocycles. The van der Waals surface area contributed by atoms with Crippen molar-refractivity contribution in [3.8, 4) is 0 Å². The van der Waals surface area contributed by atoms with Gasteiger partial charge in [-0.1, -0.05) is 0 Å². The van der Waals surface area contributed by atoms with Crippen molar-refractivity contribution in [3.05, 3.63) is 29.6 Å². The summed E-state index contributed by atoms with van der Waals surface area (Å²) in [6.45, 7) is 1.56. The van der Waals surface area contributed by atoms with Crippen LogP contribution in [0, 0.1) is 5.82 Å². The zero-order chi connectivity index (χ0) is 10.0. The van der Waals surface area contributed by atoms with Crippen LogP contribution in [0.3, 0.4) is 0 Å². The number of halogens is 1. The Balaban J connectivity index is 3.09. The molecule has 1 atom stereocenters. The van der Waals surface area contributed by atoms with Crippen molar-refractivity contribution in [3.63, 3.8) is 0 Å². The number of carbonyl (C=O) groups excluding carboxylic acids is 1. The highest BCUT2D eigenvalue weighted by atomic mass is 19.1. The zero-order valence-electron chi connectivity index (χ0n) is 7.25. The smallest absolute Gasteiger partial charge is 0.181 e. The highest BCUT2D eigenvalue weighted by Gasteiger charge is 2.13. The van der Waals surface area contributed by atoms with E-state index in [0.717, 1.165) is 6.07 Å². The molecule has 3 nitrogen and oxygen atoms in total. The molecule has 0 saturated carbocycles. The highest BCUT2D eigenvalue weighted by Crippen LogP contribution is 2.14. The van der Waals surface area contributed by atoms with Crippen molar-refractivity contribution in [2.45, 2.75) is 13.0 Å². The maximum atomic E-state index is 12.6. The Labute approximate surface area is 75.5 Å². The Morgan fingerprint density at radius 3 is 2.62 bits per heavy atom. The van der Waals surface area contributed by atoms with Crippen LogP contribution in [-0.4, -0.2) is 11.8 Å². The molecule has 4 N–H and O–H groups in total. The number of carbonyl (C=O) groups is 1. The van der Waals surface area contributed by atoms with E-state index >= 15 is 0 Å². The van der Waals surface area contributed by atoms with Crippen molar-refractivity contribution in [1.29, 1.82) is 0 Å². The molecule has 0 amide bonds. The second-order valence-electron chi connectivity index (χ2n) is 2.88. The monoisotopic (exact) mass is 182 g/mol. The molecule has 13 heavy (non-hydrogen) atoms. The standard InChI is InChI=1S/C9H11FN2O/c1-5(11)9(13)7-3-2-6(10)4-8(7)12/h2-5H,11-12H2,1H3. The molecule has 0 aliphatic rings. The fourth-order valence-corrected chi connectivity index (χ4v) is 1.00. The van der Waals surface area contributed by atoms with E-state index in [1.165, 1.54) is 12.1 Å². The van der Waals surface area contributed by atoms with Gasteiger partial charge >= 0.3 is 0 Å². The number of hydrogen-bond acceptors (Lipinski definition) is 3. The quantitative estimate of drug-likeness (QED) is 0.528. The summed E-state index contributed by atoms with van der Waals surface area (Å²) >= 11 is 0. The Kier molecular flexibility index (Phi) is 2.63. The molecule has 0 saturated heterocycles. The zero-order valence-corrected chi connectivity index (χ0v) is 7.25. The summed E-state index contributed by atoms with van der Waals surface area (Å²) in [4.78, 5) is 11.3. The molecule has 70 valence electrons. The normalized spacial score (nSPS) is 12.5. The van der Waals surface area contributed by atoms with Gasteiger partial charge in [-0.25, -0.2) is 4.39 Å². The van der Waals surface area contributed by atoms with Gasteiger partial charge in [0.15, 0.2) is 5.78 Å². The van der Waals surface area contributed by atoms with E-state index in [1.807, 2.05) is 0 Å². The van der Waals surface area contributed by atoms with E-state index in [-0.39, 0.29) is 17.0 Å². The second kappa shape index (κ2) is 3.53. The van der Waals surface area contributed by atoms with Gasteiger partial charge in [0, 0.05) is 11.3 Å². The Morgan fingerprint density at radius 2 is 2.15 bits per heavy atom. The molecule has 0 heterocycles. The van der Waals surface area contributed by atoms with Crippen LogP contribution in [0.25, 0.3) is 0 Å². The lowest BCUT2D eigenvalue weighted by Gasteiger charge is -2.06. The van der Waals surface area contributed by atoms with Crippen LogP contribution in [0.4, 0.5) is 10.1 Å². The number of nitrogens with two attached hydrogens (primary N) is 2. The number of Topliss-reactive ketones (excluding diaryl/α,β-unsaturated/α-hetero) is 1. The minimum atomic E-state index is -0.618. The number of benzene rings is 1. The third-order valence-electron chi connectivity index (χ3n) is 1.69. The maximum Gasteiger partial charge on any atom is 0.181 e. The summed E-state index contributed by atoms with van der Waals surface area (Å²) in [6, 6.07) is 3.02. The van der Waals surface area contributed by atoms with Gasteiger partial charge in [-0.05, 0) is 25.1 Å². The summed E-state index contributed by atoms with van der Waals surface area (Å²) in [5.74, 6) is -0.740. The number of ketones is 1. The molecule has 0 bridgehead atoms. The Hall–Kier alpha value is -1.42. The van der Waals surface area contributed by atoms with E-state index in [2.05, 4.69) is 0 Å². The molecule has 1 aromatic carbocycles. The maximum absolute atomic E-state index is 12.6. The van der Waals surface area contributed by atoms with Crippen molar-refractivity contribution in [2.75, 3.05) is 5.73 Å². The average molecular weight is 182 g/mol. The van der Waals surface area contributed by atoms with Crippen molar-refractivity contribution in [2.24, 2.45) is 5.73 Å². The van der Waals surface area contributed by atoms with Crippen LogP contribution >= 0.6 is 0 Å². The highest BCUT2D eigenvalue weighted by molar-refractivity contribution is 6.03. The number of hydrogen-bond donors (Lipinski definition) is 2. The van der Waals surface area contributed by atoms with Gasteiger partial charge in [0.25, 0.3) is 0 Å². The molecular weight excluding hydrogens is 171 g/mol. The Bertz CT molecular complexity index is 336. The van der Waals surface area contributed by atoms with Crippen molar-refractivity contribution >= 4 is 11.5 Å². The van der Waals surface area contributed by atoms with Gasteiger partial charge in [0.1, 0.15) is 5.82 Å². The van der Waals surface area contributed by atoms with Gasteiger partial charge in [-0.2, -0.15) is 0 Å². The van der Waals surface area contributed by atoms with E-state index in [1.54, 1.807) is 6.92 Å². The fourth-order valence-electron chi connectivity index (χ4n) is 1.00. The van der Waals surface area contributed by atoms with Crippen LogP contribution < -0.4 is 11.5 Å². The molecule has 0 aromatic heterocycles. The summed E-state index contributed by atoms with van der Waals surface area (Å²) in [7, 11) is 0. The lowest BCUT2D eigenvalue weighted by Crippen LogP contribution is -2.27. The second-order valence-corrected chi connectivity index (χ2v) is 2.88. The first-order valence-electron chi connectivity index (χ1n) is 3.87. The van der Waals surface area contributed by atoms with Crippen LogP contribution in [0.1, 0.15) is 17.3 Å². The molecule has 1 unspecified atom stereocenters. The summed E-state index contributed by atoms with van der Waals surface area (Å²) in [6.07, 6.45) is 0. The first kappa shape index (κ1) is 9.67. The van der Waals surface area contributed by atoms with Gasteiger partial charge < -0.3 is 11.5 Å². The number of anilines is 1. The predicted octanol–water partition coefficient (Wildman–Crippen LogP) is 0.938. The van der Waals surface area contributed by atoms with Gasteiger partial charge in [-0.15, -0.1) is 0 Å². The minimum absolute atomic E-state index is 0.127. The van der Waals surface area contributed by atoms with Crippen LogP contribution in [-0.2, 0) is 0 Å². The number of rotatable bonds is 2. The SMILES string of the molecule is CC(N)C(=O)c1ccc(F)cc1N. The fraction of sp³-hybridized carbons (Fsp3) is 0.222. The largest absolute Gasteiger partial charge is 0.398 e. The van der Waals surface area contributed by atoms with E-state index < -0.39 is 11.9 Å². The topological polar surface area (TPSA) is 69.1 Å². The third kappa shape index (κ3) is 2.03. The van der Waals surface area contributed by atoms with Crippen LogP contribution in [0.15, 0.2) is 18.2 Å². The summed E-state index contributed by atoms with van der Waals surface area (Å²) in [5, 5.41) is 0. The van der Waals surface area contributed by atoms with Gasteiger partial charge in [-0.3, -0.25) is 4.79 Å². The molecule has 0 fully saturated rings. The van der Waals surface area contributed by atoms with Crippen LogP contribution in [0.2, 0.25) is 0 Å². The molecule has 1 aromatic rings. The first-order valence-corrected chi connectivity index (χ1v) is 3.87. The van der Waals surface area contributed by atoms with Crippen molar-refractivity contribution < 1.29 is 9.18 Å². The van der Waals surface area contributed by atoms with E-state index in [9.17, 15) is 9.18 Å².